The van der Waals surface area contributed by atoms with E-state index in [2.05, 4.69) is 0 Å². The number of unbranched alkanes of at least 4 members (excludes halogenated alkanes) is 3. The molecular formula is C6H10NO2S-. The molecule has 0 aromatic heterocycles. The van der Waals surface area contributed by atoms with Crippen molar-refractivity contribution in [2.24, 2.45) is 0 Å². The van der Waals surface area contributed by atoms with Crippen LogP contribution in [0.4, 0.5) is 0 Å². The van der Waals surface area contributed by atoms with Gasteiger partial charge >= 0.3 is 0 Å². The summed E-state index contributed by atoms with van der Waals surface area (Å²) >= 11 is -1.90. The van der Waals surface area contributed by atoms with Crippen molar-refractivity contribution in [1.82, 2.24) is 0 Å². The van der Waals surface area contributed by atoms with Gasteiger partial charge in [-0.05, 0) is 12.8 Å². The van der Waals surface area contributed by atoms with E-state index in [0.29, 0.717) is 12.8 Å². The molecule has 4 heteroatoms. The summed E-state index contributed by atoms with van der Waals surface area (Å²) in [5, 5.41) is 8.10. The van der Waals surface area contributed by atoms with Gasteiger partial charge in [0.25, 0.3) is 0 Å². The van der Waals surface area contributed by atoms with Crippen molar-refractivity contribution >= 4 is 11.1 Å². The van der Waals surface area contributed by atoms with Crippen molar-refractivity contribution in [2.45, 2.75) is 25.7 Å². The van der Waals surface area contributed by atoms with Gasteiger partial charge in [0.05, 0.1) is 6.07 Å². The van der Waals surface area contributed by atoms with Crippen LogP contribution in [0.5, 0.6) is 0 Å². The lowest BCUT2D eigenvalue weighted by atomic mass is 10.2. The SMILES string of the molecule is N#CCCCCCS(=O)[O-]. The minimum absolute atomic E-state index is 0.228. The van der Waals surface area contributed by atoms with Crippen LogP contribution in [0.15, 0.2) is 0 Å². The van der Waals surface area contributed by atoms with Crippen LogP contribution in [-0.4, -0.2) is 14.5 Å². The van der Waals surface area contributed by atoms with Crippen molar-refractivity contribution < 1.29 is 8.76 Å². The summed E-state index contributed by atoms with van der Waals surface area (Å²) in [6.07, 6.45) is 2.86. The summed E-state index contributed by atoms with van der Waals surface area (Å²) in [7, 11) is 0. The molecule has 0 fully saturated rings. The zero-order valence-corrected chi connectivity index (χ0v) is 6.52. The first-order valence-electron chi connectivity index (χ1n) is 3.20. The first-order valence-corrected chi connectivity index (χ1v) is 4.44. The first kappa shape index (κ1) is 9.60. The normalized spacial score (nSPS) is 12.4. The van der Waals surface area contributed by atoms with Crippen LogP contribution in [0, 0.1) is 11.3 Å². The Morgan fingerprint density at radius 1 is 1.40 bits per heavy atom. The van der Waals surface area contributed by atoms with E-state index >= 15 is 0 Å². The molecule has 0 aromatic rings. The Hall–Kier alpha value is -0.400. The molecule has 0 bridgehead atoms. The van der Waals surface area contributed by atoms with Crippen molar-refractivity contribution in [1.29, 1.82) is 5.26 Å². The van der Waals surface area contributed by atoms with Crippen molar-refractivity contribution in [2.75, 3.05) is 5.75 Å². The molecule has 3 nitrogen and oxygen atoms in total. The first-order chi connectivity index (χ1) is 4.77. The van der Waals surface area contributed by atoms with Crippen LogP contribution in [0.3, 0.4) is 0 Å². The van der Waals surface area contributed by atoms with Crippen LogP contribution >= 0.6 is 0 Å². The average molecular weight is 160 g/mol. The predicted octanol–water partition coefficient (Wildman–Crippen LogP) is 0.949. The van der Waals surface area contributed by atoms with Gasteiger partial charge in [-0.15, -0.1) is 0 Å². The smallest absolute Gasteiger partial charge is 0.0621 e. The maximum absolute atomic E-state index is 9.97. The number of hydrogen-bond acceptors (Lipinski definition) is 3. The van der Waals surface area contributed by atoms with E-state index in [0.717, 1.165) is 12.8 Å². The van der Waals surface area contributed by atoms with E-state index in [1.165, 1.54) is 0 Å². The molecule has 0 aliphatic carbocycles. The summed E-state index contributed by atoms with van der Waals surface area (Å²) < 4.78 is 19.9. The predicted molar refractivity (Wildman–Crippen MR) is 37.9 cm³/mol. The van der Waals surface area contributed by atoms with Gasteiger partial charge < -0.3 is 4.55 Å². The molecule has 10 heavy (non-hydrogen) atoms. The van der Waals surface area contributed by atoms with Crippen LogP contribution in [0.2, 0.25) is 0 Å². The fourth-order valence-electron chi connectivity index (χ4n) is 0.601. The molecule has 0 spiro atoms. The van der Waals surface area contributed by atoms with E-state index in [4.69, 9.17) is 5.26 Å². The van der Waals surface area contributed by atoms with Crippen LogP contribution in [0.1, 0.15) is 25.7 Å². The number of hydrogen-bond donors (Lipinski definition) is 0. The molecule has 0 aliphatic heterocycles. The fourth-order valence-corrected chi connectivity index (χ4v) is 1.04. The molecule has 0 saturated carbocycles. The van der Waals surface area contributed by atoms with Crippen LogP contribution in [-0.2, 0) is 11.1 Å². The molecule has 1 unspecified atom stereocenters. The van der Waals surface area contributed by atoms with E-state index in [1.807, 2.05) is 6.07 Å². The zero-order chi connectivity index (χ0) is 7.82. The monoisotopic (exact) mass is 160 g/mol. The summed E-state index contributed by atoms with van der Waals surface area (Å²) in [5.74, 6) is 0.228. The lowest BCUT2D eigenvalue weighted by molar-refractivity contribution is 0.533. The molecule has 58 valence electrons. The van der Waals surface area contributed by atoms with E-state index in [9.17, 15) is 8.76 Å². The fraction of sp³-hybridized carbons (Fsp3) is 0.833. The highest BCUT2D eigenvalue weighted by atomic mass is 32.2. The zero-order valence-electron chi connectivity index (χ0n) is 5.71. The molecule has 0 heterocycles. The molecular weight excluding hydrogens is 150 g/mol. The third-order valence-electron chi connectivity index (χ3n) is 1.10. The molecule has 0 N–H and O–H groups in total. The summed E-state index contributed by atoms with van der Waals surface area (Å²) in [5.41, 5.74) is 0. The molecule has 1 atom stereocenters. The molecule has 0 saturated heterocycles. The third kappa shape index (κ3) is 7.60. The van der Waals surface area contributed by atoms with Gasteiger partial charge in [0.1, 0.15) is 0 Å². The number of nitrogens with zero attached hydrogens (tertiary/aromatic N) is 1. The van der Waals surface area contributed by atoms with Gasteiger partial charge in [0.2, 0.25) is 0 Å². The van der Waals surface area contributed by atoms with Gasteiger partial charge in [-0.1, -0.05) is 17.5 Å². The van der Waals surface area contributed by atoms with Crippen molar-refractivity contribution in [3.63, 3.8) is 0 Å². The minimum atomic E-state index is -1.90. The van der Waals surface area contributed by atoms with E-state index in [1.54, 1.807) is 0 Å². The minimum Gasteiger partial charge on any atom is -0.772 e. The summed E-state index contributed by atoms with van der Waals surface area (Å²) in [4.78, 5) is 0. The maximum Gasteiger partial charge on any atom is 0.0621 e. The average Bonchev–Trinajstić information content (AvgIpc) is 1.87. The maximum atomic E-state index is 9.97. The number of rotatable bonds is 5. The van der Waals surface area contributed by atoms with Gasteiger partial charge in [-0.25, -0.2) is 0 Å². The van der Waals surface area contributed by atoms with Crippen molar-refractivity contribution in [3.05, 3.63) is 0 Å². The topological polar surface area (TPSA) is 63.9 Å². The highest BCUT2D eigenvalue weighted by Gasteiger charge is 1.87. The highest BCUT2D eigenvalue weighted by molar-refractivity contribution is 7.79. The van der Waals surface area contributed by atoms with Gasteiger partial charge in [-0.2, -0.15) is 5.26 Å². The quantitative estimate of drug-likeness (QED) is 0.444. The second-order valence-electron chi connectivity index (χ2n) is 1.98. The van der Waals surface area contributed by atoms with E-state index in [-0.39, 0.29) is 5.75 Å². The molecule has 0 radical (unpaired) electrons. The Kier molecular flexibility index (Phi) is 6.45. The Morgan fingerprint density at radius 3 is 2.60 bits per heavy atom. The highest BCUT2D eigenvalue weighted by Crippen LogP contribution is 1.98. The Morgan fingerprint density at radius 2 is 2.10 bits per heavy atom. The second kappa shape index (κ2) is 6.72. The lowest BCUT2D eigenvalue weighted by Crippen LogP contribution is -1.94. The standard InChI is InChI=1S/C6H11NO2S/c7-5-3-1-2-4-6-10(8)9/h1-4,6H2,(H,8,9)/p-1. The molecule has 0 aliphatic rings. The lowest BCUT2D eigenvalue weighted by Gasteiger charge is -2.01. The molecule has 0 rings (SSSR count). The Labute approximate surface area is 63.3 Å². The molecule has 0 aromatic carbocycles. The van der Waals surface area contributed by atoms with E-state index < -0.39 is 11.1 Å². The second-order valence-corrected chi connectivity index (χ2v) is 2.99. The van der Waals surface area contributed by atoms with Crippen molar-refractivity contribution in [3.8, 4) is 6.07 Å². The summed E-state index contributed by atoms with van der Waals surface area (Å²) in [6, 6.07) is 2.00. The summed E-state index contributed by atoms with van der Waals surface area (Å²) in [6.45, 7) is 0. The third-order valence-corrected chi connectivity index (χ3v) is 1.72. The largest absolute Gasteiger partial charge is 0.772 e. The van der Waals surface area contributed by atoms with Gasteiger partial charge in [0.15, 0.2) is 0 Å². The Balaban J connectivity index is 2.92. The van der Waals surface area contributed by atoms with Gasteiger partial charge in [0, 0.05) is 12.2 Å². The number of nitriles is 1. The van der Waals surface area contributed by atoms with Crippen LogP contribution in [0.25, 0.3) is 0 Å². The van der Waals surface area contributed by atoms with Crippen LogP contribution < -0.4 is 0 Å². The van der Waals surface area contributed by atoms with Gasteiger partial charge in [-0.3, -0.25) is 4.21 Å². The molecule has 0 amide bonds. The Bertz CT molecular complexity index is 141.